The van der Waals surface area contributed by atoms with Gasteiger partial charge in [0.25, 0.3) is 0 Å². The Labute approximate surface area is 91.3 Å². The van der Waals surface area contributed by atoms with Gasteiger partial charge in [-0.1, -0.05) is 13.8 Å². The first-order valence-electron chi connectivity index (χ1n) is 5.27. The van der Waals surface area contributed by atoms with Crippen LogP contribution >= 0.6 is 0 Å². The maximum Gasteiger partial charge on any atom is 0.329 e. The van der Waals surface area contributed by atoms with Crippen LogP contribution in [0.2, 0.25) is 0 Å². The highest BCUT2D eigenvalue weighted by Gasteiger charge is 2.40. The summed E-state index contributed by atoms with van der Waals surface area (Å²) in [6.45, 7) is 9.14. The van der Waals surface area contributed by atoms with Gasteiger partial charge >= 0.3 is 5.97 Å². The SMILES string of the molecule is CCN(C(C)=O)C(C)(CC(C)C)C(=O)O. The highest BCUT2D eigenvalue weighted by atomic mass is 16.4. The molecule has 1 N–H and O–H groups in total. The Morgan fingerprint density at radius 3 is 2.07 bits per heavy atom. The lowest BCUT2D eigenvalue weighted by atomic mass is 9.89. The van der Waals surface area contributed by atoms with Gasteiger partial charge in [0.2, 0.25) is 5.91 Å². The zero-order valence-corrected chi connectivity index (χ0v) is 10.2. The standard InChI is InChI=1S/C11H21NO3/c1-6-12(9(4)13)11(5,10(14)15)7-8(2)3/h8H,6-7H2,1-5H3,(H,14,15). The van der Waals surface area contributed by atoms with Crippen LogP contribution in [0.3, 0.4) is 0 Å². The van der Waals surface area contributed by atoms with Gasteiger partial charge in [0.1, 0.15) is 5.54 Å². The van der Waals surface area contributed by atoms with Crippen molar-refractivity contribution in [1.29, 1.82) is 0 Å². The number of rotatable bonds is 5. The van der Waals surface area contributed by atoms with Crippen molar-refractivity contribution in [2.24, 2.45) is 5.92 Å². The number of hydrogen-bond donors (Lipinski definition) is 1. The van der Waals surface area contributed by atoms with E-state index in [1.54, 1.807) is 13.8 Å². The van der Waals surface area contributed by atoms with Crippen molar-refractivity contribution in [2.75, 3.05) is 6.54 Å². The van der Waals surface area contributed by atoms with Crippen molar-refractivity contribution in [3.8, 4) is 0 Å². The molecule has 0 bridgehead atoms. The van der Waals surface area contributed by atoms with Gasteiger partial charge in [-0.25, -0.2) is 4.79 Å². The molecule has 0 spiro atoms. The number of carboxylic acids is 1. The summed E-state index contributed by atoms with van der Waals surface area (Å²) >= 11 is 0. The Kier molecular flexibility index (Phi) is 4.78. The molecule has 4 heteroatoms. The van der Waals surface area contributed by atoms with Crippen LogP contribution in [0, 0.1) is 5.92 Å². The van der Waals surface area contributed by atoms with E-state index < -0.39 is 11.5 Å². The van der Waals surface area contributed by atoms with Gasteiger partial charge in [0.15, 0.2) is 0 Å². The topological polar surface area (TPSA) is 57.6 Å². The Bertz CT molecular complexity index is 250. The summed E-state index contributed by atoms with van der Waals surface area (Å²) < 4.78 is 0. The molecule has 1 amide bonds. The number of amides is 1. The third-order valence-electron chi connectivity index (χ3n) is 2.56. The number of hydrogen-bond acceptors (Lipinski definition) is 2. The second-order valence-electron chi connectivity index (χ2n) is 4.44. The van der Waals surface area contributed by atoms with Gasteiger partial charge in [-0.3, -0.25) is 4.79 Å². The van der Waals surface area contributed by atoms with Crippen molar-refractivity contribution >= 4 is 11.9 Å². The zero-order chi connectivity index (χ0) is 12.2. The van der Waals surface area contributed by atoms with Crippen LogP contribution in [0.15, 0.2) is 0 Å². The van der Waals surface area contributed by atoms with E-state index in [-0.39, 0.29) is 11.8 Å². The van der Waals surface area contributed by atoms with Crippen LogP contribution in [0.1, 0.15) is 41.0 Å². The molecule has 15 heavy (non-hydrogen) atoms. The van der Waals surface area contributed by atoms with Gasteiger partial charge in [0.05, 0.1) is 0 Å². The molecule has 0 saturated heterocycles. The molecule has 0 fully saturated rings. The summed E-state index contributed by atoms with van der Waals surface area (Å²) in [5, 5.41) is 9.24. The molecule has 0 heterocycles. The molecule has 4 nitrogen and oxygen atoms in total. The van der Waals surface area contributed by atoms with Crippen molar-refractivity contribution in [1.82, 2.24) is 4.90 Å². The van der Waals surface area contributed by atoms with Crippen LogP contribution in [-0.4, -0.2) is 34.0 Å². The highest BCUT2D eigenvalue weighted by molar-refractivity contribution is 5.85. The number of likely N-dealkylation sites (N-methyl/N-ethyl adjacent to an activating group) is 1. The van der Waals surface area contributed by atoms with E-state index >= 15 is 0 Å². The molecule has 0 aliphatic rings. The summed E-state index contributed by atoms with van der Waals surface area (Å²) in [6, 6.07) is 0. The number of carbonyl (C=O) groups excluding carboxylic acids is 1. The lowest BCUT2D eigenvalue weighted by Gasteiger charge is -2.37. The van der Waals surface area contributed by atoms with E-state index in [9.17, 15) is 14.7 Å². The second-order valence-corrected chi connectivity index (χ2v) is 4.44. The van der Waals surface area contributed by atoms with E-state index in [1.165, 1.54) is 11.8 Å². The Morgan fingerprint density at radius 1 is 1.40 bits per heavy atom. The number of nitrogens with zero attached hydrogens (tertiary/aromatic N) is 1. The van der Waals surface area contributed by atoms with Crippen LogP contribution in [0.25, 0.3) is 0 Å². The lowest BCUT2D eigenvalue weighted by Crippen LogP contribution is -2.55. The quantitative estimate of drug-likeness (QED) is 0.760. The monoisotopic (exact) mass is 215 g/mol. The Balaban J connectivity index is 5.07. The molecular formula is C11H21NO3. The molecule has 1 atom stereocenters. The van der Waals surface area contributed by atoms with Gasteiger partial charge in [-0.05, 0) is 26.2 Å². The molecule has 1 unspecified atom stereocenters. The minimum atomic E-state index is -1.09. The van der Waals surface area contributed by atoms with E-state index in [0.717, 1.165) is 0 Å². The van der Waals surface area contributed by atoms with Crippen molar-refractivity contribution in [3.05, 3.63) is 0 Å². The lowest BCUT2D eigenvalue weighted by molar-refractivity contribution is -0.158. The zero-order valence-electron chi connectivity index (χ0n) is 10.2. The van der Waals surface area contributed by atoms with Gasteiger partial charge < -0.3 is 10.0 Å². The molecule has 0 radical (unpaired) electrons. The smallest absolute Gasteiger partial charge is 0.329 e. The summed E-state index contributed by atoms with van der Waals surface area (Å²) in [6.07, 6.45) is 0.468. The molecule has 0 aliphatic heterocycles. The molecule has 0 saturated carbocycles. The summed E-state index contributed by atoms with van der Waals surface area (Å²) in [4.78, 5) is 24.0. The third kappa shape index (κ3) is 3.22. The van der Waals surface area contributed by atoms with E-state index in [0.29, 0.717) is 13.0 Å². The van der Waals surface area contributed by atoms with Crippen LogP contribution in [0.4, 0.5) is 0 Å². The van der Waals surface area contributed by atoms with Gasteiger partial charge in [-0.15, -0.1) is 0 Å². The van der Waals surface area contributed by atoms with E-state index in [4.69, 9.17) is 0 Å². The first kappa shape index (κ1) is 13.9. The first-order valence-corrected chi connectivity index (χ1v) is 5.27. The first-order chi connectivity index (χ1) is 6.75. The van der Waals surface area contributed by atoms with Crippen molar-refractivity contribution < 1.29 is 14.7 Å². The summed E-state index contributed by atoms with van der Waals surface area (Å²) in [7, 11) is 0. The minimum absolute atomic E-state index is 0.192. The molecule has 0 aromatic heterocycles. The molecule has 0 aromatic rings. The van der Waals surface area contributed by atoms with Crippen LogP contribution in [-0.2, 0) is 9.59 Å². The Hall–Kier alpha value is -1.06. The fourth-order valence-electron chi connectivity index (χ4n) is 2.03. The van der Waals surface area contributed by atoms with Gasteiger partial charge in [0, 0.05) is 13.5 Å². The summed E-state index contributed by atoms with van der Waals surface area (Å²) in [5.41, 5.74) is -1.09. The van der Waals surface area contributed by atoms with Gasteiger partial charge in [-0.2, -0.15) is 0 Å². The minimum Gasteiger partial charge on any atom is -0.480 e. The number of carbonyl (C=O) groups is 2. The predicted molar refractivity (Wildman–Crippen MR) is 58.6 cm³/mol. The fraction of sp³-hybridized carbons (Fsp3) is 0.818. The molecule has 0 rings (SSSR count). The fourth-order valence-corrected chi connectivity index (χ4v) is 2.03. The third-order valence-corrected chi connectivity index (χ3v) is 2.56. The second kappa shape index (κ2) is 5.14. The molecular weight excluding hydrogens is 194 g/mol. The largest absolute Gasteiger partial charge is 0.480 e. The maximum atomic E-state index is 11.4. The van der Waals surface area contributed by atoms with E-state index in [1.807, 2.05) is 13.8 Å². The van der Waals surface area contributed by atoms with Crippen molar-refractivity contribution in [2.45, 2.75) is 46.6 Å². The maximum absolute atomic E-state index is 11.4. The number of aliphatic carboxylic acids is 1. The Morgan fingerprint density at radius 2 is 1.87 bits per heavy atom. The average molecular weight is 215 g/mol. The summed E-state index contributed by atoms with van der Waals surface area (Å²) in [5.74, 6) is -0.893. The number of carboxylic acid groups (broad SMARTS) is 1. The van der Waals surface area contributed by atoms with Crippen LogP contribution in [0.5, 0.6) is 0 Å². The normalized spacial score (nSPS) is 14.8. The predicted octanol–water partition coefficient (Wildman–Crippen LogP) is 1.74. The van der Waals surface area contributed by atoms with E-state index in [2.05, 4.69) is 0 Å². The molecule has 0 aromatic carbocycles. The average Bonchev–Trinajstić information content (AvgIpc) is 2.02. The highest BCUT2D eigenvalue weighted by Crippen LogP contribution is 2.24. The molecule has 0 aliphatic carbocycles. The van der Waals surface area contributed by atoms with Crippen LogP contribution < -0.4 is 0 Å². The van der Waals surface area contributed by atoms with Crippen molar-refractivity contribution in [3.63, 3.8) is 0 Å². The molecule has 88 valence electrons.